The van der Waals surface area contributed by atoms with E-state index < -0.39 is 17.7 Å². The summed E-state index contributed by atoms with van der Waals surface area (Å²) in [6, 6.07) is 2.08. The van der Waals surface area contributed by atoms with E-state index in [4.69, 9.17) is 5.11 Å². The molecule has 3 N–H and O–H groups in total. The lowest BCUT2D eigenvalue weighted by atomic mass is 9.96. The zero-order valence-electron chi connectivity index (χ0n) is 23.0. The molecule has 39 heavy (non-hydrogen) atoms. The third-order valence-electron chi connectivity index (χ3n) is 5.45. The summed E-state index contributed by atoms with van der Waals surface area (Å²) in [6.07, 6.45) is 10.2. The molecule has 0 radical (unpaired) electrons. The van der Waals surface area contributed by atoms with Crippen molar-refractivity contribution in [3.8, 4) is 22.0 Å². The monoisotopic (exact) mass is 561 g/mol. The van der Waals surface area contributed by atoms with Gasteiger partial charge in [-0.25, -0.2) is 14.4 Å². The number of thiazole rings is 1. The number of nitrogens with zero attached hydrogens (tertiary/aromatic N) is 5. The highest BCUT2D eigenvalue weighted by molar-refractivity contribution is 7.13. The van der Waals surface area contributed by atoms with Gasteiger partial charge >= 0.3 is 0 Å². The third-order valence-corrected chi connectivity index (χ3v) is 6.34. The van der Waals surface area contributed by atoms with E-state index >= 15 is 0 Å². The Hall–Kier alpha value is -3.51. The number of hydrogen-bond acceptors (Lipinski definition) is 7. The molecule has 0 aromatic carbocycles. The molecule has 4 heterocycles. The second-order valence-corrected chi connectivity index (χ2v) is 8.78. The first-order valence-corrected chi connectivity index (χ1v) is 14.2. The predicted molar refractivity (Wildman–Crippen MR) is 151 cm³/mol. The number of pyridine rings is 1. The highest BCUT2D eigenvalue weighted by atomic mass is 32.1. The van der Waals surface area contributed by atoms with Gasteiger partial charge < -0.3 is 10.4 Å². The number of rotatable bonds is 5. The fraction of sp³-hybridized carbons (Fsp3) is 0.444. The number of H-pyrrole nitrogens is 1. The molecule has 1 aliphatic carbocycles. The number of nitrogens with one attached hydrogen (secondary N) is 2. The largest absolute Gasteiger partial charge is 0.397 e. The van der Waals surface area contributed by atoms with Crippen LogP contribution in [0.1, 0.15) is 83.3 Å². The van der Waals surface area contributed by atoms with Gasteiger partial charge in [-0.15, -0.1) is 11.3 Å². The highest BCUT2D eigenvalue weighted by Gasteiger charge is 2.24. The number of aromatic amines is 1. The molecule has 0 bridgehead atoms. The summed E-state index contributed by atoms with van der Waals surface area (Å²) < 4.78 is 30.0. The molecular formula is C27H37F2N7O2S. The molecule has 1 fully saturated rings. The highest BCUT2D eigenvalue weighted by Crippen LogP contribution is 2.33. The van der Waals surface area contributed by atoms with Crippen LogP contribution in [-0.2, 0) is 0 Å². The maximum Gasteiger partial charge on any atom is 0.275 e. The zero-order chi connectivity index (χ0) is 28.8. The molecule has 9 nitrogen and oxygen atoms in total. The Balaban J connectivity index is 0.000000700. The molecule has 0 atom stereocenters. The van der Waals surface area contributed by atoms with Crippen molar-refractivity contribution < 1.29 is 18.7 Å². The van der Waals surface area contributed by atoms with E-state index in [1.54, 1.807) is 35.6 Å². The Morgan fingerprint density at radius 3 is 2.46 bits per heavy atom. The molecule has 0 saturated heterocycles. The molecule has 1 amide bonds. The van der Waals surface area contributed by atoms with E-state index in [1.165, 1.54) is 11.3 Å². The summed E-state index contributed by atoms with van der Waals surface area (Å²) in [5, 5.41) is 23.7. The average Bonchev–Trinajstić information content (AvgIpc) is 3.75. The number of aromatic nitrogens is 6. The van der Waals surface area contributed by atoms with Gasteiger partial charge in [0, 0.05) is 29.9 Å². The topological polar surface area (TPSA) is 122 Å². The van der Waals surface area contributed by atoms with Crippen molar-refractivity contribution in [3.63, 3.8) is 0 Å². The van der Waals surface area contributed by atoms with E-state index in [0.717, 1.165) is 49.8 Å². The summed E-state index contributed by atoms with van der Waals surface area (Å²) in [5.74, 6) is -2.01. The van der Waals surface area contributed by atoms with E-state index in [1.807, 2.05) is 27.7 Å². The molecule has 12 heteroatoms. The first-order valence-electron chi connectivity index (χ1n) is 13.3. The van der Waals surface area contributed by atoms with Gasteiger partial charge in [0.05, 0.1) is 17.9 Å². The van der Waals surface area contributed by atoms with Crippen LogP contribution in [0, 0.1) is 11.8 Å². The normalized spacial score (nSPS) is 12.7. The van der Waals surface area contributed by atoms with Crippen molar-refractivity contribution in [2.24, 2.45) is 0 Å². The Kier molecular flexibility index (Phi) is 13.4. The summed E-state index contributed by atoms with van der Waals surface area (Å²) in [5.41, 5.74) is 1.08. The lowest BCUT2D eigenvalue weighted by Gasteiger charge is -2.21. The molecule has 0 spiro atoms. The molecule has 4 aromatic rings. The molecular weight excluding hydrogens is 524 g/mol. The van der Waals surface area contributed by atoms with Crippen molar-refractivity contribution in [2.45, 2.75) is 72.8 Å². The average molecular weight is 562 g/mol. The number of aliphatic hydroxyl groups is 1. The number of carbonyl (C=O) groups is 1. The fourth-order valence-corrected chi connectivity index (χ4v) is 4.62. The number of aliphatic hydroxyl groups excluding tert-OH is 1. The summed E-state index contributed by atoms with van der Waals surface area (Å²) in [6.45, 7) is 9.93. The number of carbonyl (C=O) groups excluding carboxylic acids is 1. The molecule has 0 aliphatic heterocycles. The van der Waals surface area contributed by atoms with Gasteiger partial charge in [-0.1, -0.05) is 47.0 Å². The van der Waals surface area contributed by atoms with Crippen molar-refractivity contribution in [2.75, 3.05) is 11.9 Å². The SMILES string of the molecule is CC.CC.CCO.O=C(Nc1cn(C2CCCCC2)nc1-c1nc(F)ccc1F)c1csc(-c2cn[nH]c2)n1. The van der Waals surface area contributed by atoms with Crippen LogP contribution in [0.25, 0.3) is 22.0 Å². The van der Waals surface area contributed by atoms with Crippen LogP contribution in [-0.4, -0.2) is 47.6 Å². The lowest BCUT2D eigenvalue weighted by Crippen LogP contribution is -2.14. The Morgan fingerprint density at radius 1 is 1.13 bits per heavy atom. The Bertz CT molecular complexity index is 1270. The van der Waals surface area contributed by atoms with Gasteiger partial charge in [-0.05, 0) is 31.9 Å². The van der Waals surface area contributed by atoms with Crippen LogP contribution in [0.2, 0.25) is 0 Å². The van der Waals surface area contributed by atoms with Crippen LogP contribution < -0.4 is 5.32 Å². The first kappa shape index (κ1) is 31.7. The van der Waals surface area contributed by atoms with Crippen LogP contribution in [0.4, 0.5) is 14.5 Å². The standard InChI is InChI=1S/C21H19F2N7OS.C2H6O.2C2H6/c22-14-6-7-17(23)28-18(14)19-15(10-30(29-19)13-4-2-1-3-5-13)26-20(31)16-11-32-21(27-16)12-8-24-25-9-12;1-2-3;2*1-2/h6-11,13H,1-5H2,(H,24,25)(H,26,31);3H,2H2,1H3;2*1-2H3. The summed E-state index contributed by atoms with van der Waals surface area (Å²) in [7, 11) is 0. The summed E-state index contributed by atoms with van der Waals surface area (Å²) >= 11 is 1.30. The van der Waals surface area contributed by atoms with Gasteiger partial charge in [-0.2, -0.15) is 14.6 Å². The van der Waals surface area contributed by atoms with Gasteiger partial charge in [-0.3, -0.25) is 14.6 Å². The van der Waals surface area contributed by atoms with Crippen LogP contribution in [0.3, 0.4) is 0 Å². The minimum atomic E-state index is -0.824. The maximum atomic E-state index is 14.5. The Labute approximate surface area is 231 Å². The van der Waals surface area contributed by atoms with Gasteiger partial charge in [0.15, 0.2) is 5.82 Å². The van der Waals surface area contributed by atoms with Crippen LogP contribution >= 0.6 is 11.3 Å². The van der Waals surface area contributed by atoms with Gasteiger partial charge in [0.25, 0.3) is 5.91 Å². The quantitative estimate of drug-likeness (QED) is 0.228. The van der Waals surface area contributed by atoms with Crippen molar-refractivity contribution in [3.05, 3.63) is 53.6 Å². The van der Waals surface area contributed by atoms with E-state index in [-0.39, 0.29) is 35.4 Å². The molecule has 1 aliphatic rings. The van der Waals surface area contributed by atoms with Crippen molar-refractivity contribution >= 4 is 22.9 Å². The van der Waals surface area contributed by atoms with Crippen LogP contribution in [0.15, 0.2) is 36.1 Å². The zero-order valence-corrected chi connectivity index (χ0v) is 23.9. The minimum absolute atomic E-state index is 0.0891. The maximum absolute atomic E-state index is 14.5. The predicted octanol–water partition coefficient (Wildman–Crippen LogP) is 6.88. The molecule has 1 saturated carbocycles. The number of amides is 1. The van der Waals surface area contributed by atoms with E-state index in [0.29, 0.717) is 5.01 Å². The van der Waals surface area contributed by atoms with E-state index in [2.05, 4.69) is 30.6 Å². The number of halogens is 2. The molecule has 212 valence electrons. The minimum Gasteiger partial charge on any atom is -0.397 e. The van der Waals surface area contributed by atoms with E-state index in [9.17, 15) is 13.6 Å². The number of anilines is 1. The van der Waals surface area contributed by atoms with Crippen molar-refractivity contribution in [1.82, 2.24) is 29.9 Å². The lowest BCUT2D eigenvalue weighted by molar-refractivity contribution is 0.102. The summed E-state index contributed by atoms with van der Waals surface area (Å²) in [4.78, 5) is 20.9. The molecule has 4 aromatic heterocycles. The molecule has 0 unspecified atom stereocenters. The number of hydrogen-bond donors (Lipinski definition) is 3. The second-order valence-electron chi connectivity index (χ2n) is 7.92. The van der Waals surface area contributed by atoms with Crippen LogP contribution in [0.5, 0.6) is 0 Å². The fourth-order valence-electron chi connectivity index (χ4n) is 3.84. The third kappa shape index (κ3) is 8.49. The van der Waals surface area contributed by atoms with Gasteiger partial charge in [0.1, 0.15) is 22.1 Å². The Morgan fingerprint density at radius 2 is 1.82 bits per heavy atom. The molecule has 5 rings (SSSR count). The smallest absolute Gasteiger partial charge is 0.275 e. The van der Waals surface area contributed by atoms with Crippen molar-refractivity contribution in [1.29, 1.82) is 0 Å². The second kappa shape index (κ2) is 16.5. The first-order chi connectivity index (χ1) is 19.0. The van der Waals surface area contributed by atoms with Gasteiger partial charge in [0.2, 0.25) is 5.95 Å².